The van der Waals surface area contributed by atoms with Crippen molar-refractivity contribution in [3.63, 3.8) is 0 Å². The normalized spacial score (nSPS) is 21.9. The monoisotopic (exact) mass is 709 g/mol. The van der Waals surface area contributed by atoms with Crippen LogP contribution in [0.1, 0.15) is 18.4 Å². The molecule has 46 heavy (non-hydrogen) atoms. The van der Waals surface area contributed by atoms with Crippen LogP contribution in [-0.4, -0.2) is 106 Å². The Balaban J connectivity index is 1.05. The molecule has 0 bridgehead atoms. The van der Waals surface area contributed by atoms with Gasteiger partial charge in [0.25, 0.3) is 0 Å². The van der Waals surface area contributed by atoms with Crippen LogP contribution in [0.25, 0.3) is 0 Å². The van der Waals surface area contributed by atoms with Crippen LogP contribution in [0.2, 0.25) is 0 Å². The molecule has 4 aliphatic rings. The standard InChI is InChI=1S/C34H45BrN7O3P/c1-21-14-27(30(43-3)15-28(21)41-10-8-24(9-11-41)42-19-22-17-40(2)18-23(22)20-42)38-34-36-16-25(35)33(39-34)37-26-6-7-29-31(32(26)46(4)5)45-13-12-44-29/h6-7,14-16,22-24H,8-13,17-20H2,1-5H3,(H2,36,37,38,39)/t22-,23+. The largest absolute Gasteiger partial charge is 0.494 e. The van der Waals surface area contributed by atoms with Gasteiger partial charge in [-0.15, -0.1) is 0 Å². The maximum absolute atomic E-state index is 6.04. The fourth-order valence-corrected chi connectivity index (χ4v) is 9.21. The highest BCUT2D eigenvalue weighted by molar-refractivity contribution is 9.10. The maximum atomic E-state index is 6.04. The molecule has 5 heterocycles. The number of aromatic nitrogens is 2. The lowest BCUT2D eigenvalue weighted by atomic mass is 10.0. The second-order valence-corrected chi connectivity index (χ2v) is 16.4. The predicted molar refractivity (Wildman–Crippen MR) is 191 cm³/mol. The van der Waals surface area contributed by atoms with Gasteiger partial charge in [-0.05, 0) is 91.7 Å². The number of halogens is 1. The van der Waals surface area contributed by atoms with Gasteiger partial charge in [-0.25, -0.2) is 4.98 Å². The number of likely N-dealkylation sites (tertiary alicyclic amines) is 2. The molecule has 0 amide bonds. The molecule has 1 aromatic heterocycles. The van der Waals surface area contributed by atoms with Gasteiger partial charge in [0.15, 0.2) is 11.5 Å². The second kappa shape index (κ2) is 13.3. The van der Waals surface area contributed by atoms with E-state index in [2.05, 4.69) is 85.7 Å². The van der Waals surface area contributed by atoms with Crippen molar-refractivity contribution in [2.75, 3.05) is 95.5 Å². The molecule has 0 radical (unpaired) electrons. The smallest absolute Gasteiger partial charge is 0.229 e. The van der Waals surface area contributed by atoms with E-state index in [1.807, 2.05) is 12.1 Å². The summed E-state index contributed by atoms with van der Waals surface area (Å²) in [7, 11) is 3.51. The number of hydrogen-bond acceptors (Lipinski definition) is 10. The molecule has 2 atom stereocenters. The predicted octanol–water partition coefficient (Wildman–Crippen LogP) is 5.64. The molecule has 10 nitrogen and oxygen atoms in total. The van der Waals surface area contributed by atoms with Crippen LogP contribution < -0.4 is 35.0 Å². The third kappa shape index (κ3) is 6.36. The minimum absolute atomic E-state index is 0.479. The highest BCUT2D eigenvalue weighted by atomic mass is 79.9. The van der Waals surface area contributed by atoms with E-state index < -0.39 is 7.92 Å². The van der Waals surface area contributed by atoms with E-state index in [0.717, 1.165) is 63.3 Å². The van der Waals surface area contributed by atoms with E-state index in [1.165, 1.54) is 50.3 Å². The molecule has 4 aliphatic heterocycles. The van der Waals surface area contributed by atoms with Gasteiger partial charge in [0, 0.05) is 68.6 Å². The number of benzene rings is 2. The van der Waals surface area contributed by atoms with Gasteiger partial charge in [0.05, 0.1) is 23.0 Å². The van der Waals surface area contributed by atoms with E-state index in [4.69, 9.17) is 19.2 Å². The van der Waals surface area contributed by atoms with Crippen molar-refractivity contribution in [2.45, 2.75) is 25.8 Å². The van der Waals surface area contributed by atoms with E-state index in [1.54, 1.807) is 13.3 Å². The Bertz CT molecular complexity index is 1570. The number of piperidine rings is 1. The Kier molecular flexibility index (Phi) is 9.20. The fourth-order valence-electron chi connectivity index (χ4n) is 7.73. The minimum Gasteiger partial charge on any atom is -0.494 e. The Labute approximate surface area is 282 Å². The first kappa shape index (κ1) is 31.7. The maximum Gasteiger partial charge on any atom is 0.229 e. The SMILES string of the molecule is COc1cc(N2CCC(N3C[C@H]4CN(C)C[C@H]4C3)CC2)c(C)cc1Nc1ncc(Br)c(Nc2ccc3c(c2P(C)C)OCCO3)n1. The third-order valence-electron chi connectivity index (χ3n) is 9.91. The number of hydrogen-bond donors (Lipinski definition) is 2. The number of rotatable bonds is 8. The zero-order chi connectivity index (χ0) is 31.9. The molecule has 0 spiro atoms. The summed E-state index contributed by atoms with van der Waals surface area (Å²) >= 11 is 3.64. The molecule has 246 valence electrons. The van der Waals surface area contributed by atoms with Gasteiger partial charge in [0.1, 0.15) is 24.8 Å². The summed E-state index contributed by atoms with van der Waals surface area (Å²) < 4.78 is 18.5. The highest BCUT2D eigenvalue weighted by Gasteiger charge is 2.41. The molecule has 0 unspecified atom stereocenters. The molecule has 12 heteroatoms. The summed E-state index contributed by atoms with van der Waals surface area (Å²) in [5.41, 5.74) is 4.23. The molecule has 3 saturated heterocycles. The molecule has 3 fully saturated rings. The van der Waals surface area contributed by atoms with E-state index >= 15 is 0 Å². The summed E-state index contributed by atoms with van der Waals surface area (Å²) in [5, 5.41) is 8.08. The zero-order valence-corrected chi connectivity index (χ0v) is 30.0. The van der Waals surface area contributed by atoms with Crippen LogP contribution in [-0.2, 0) is 0 Å². The molecular formula is C34H45BrN7O3P. The summed E-state index contributed by atoms with van der Waals surface area (Å²) in [6, 6.07) is 9.01. The lowest BCUT2D eigenvalue weighted by Gasteiger charge is -2.39. The number of nitrogens with zero attached hydrogens (tertiary/aromatic N) is 5. The van der Waals surface area contributed by atoms with Crippen molar-refractivity contribution < 1.29 is 14.2 Å². The van der Waals surface area contributed by atoms with Gasteiger partial charge >= 0.3 is 0 Å². The third-order valence-corrected chi connectivity index (χ3v) is 11.8. The average Bonchev–Trinajstić information content (AvgIpc) is 3.60. The van der Waals surface area contributed by atoms with E-state index in [9.17, 15) is 0 Å². The summed E-state index contributed by atoms with van der Waals surface area (Å²) in [6.45, 7) is 14.9. The van der Waals surface area contributed by atoms with Crippen LogP contribution >= 0.6 is 23.9 Å². The van der Waals surface area contributed by atoms with Crippen molar-refractivity contribution in [3.8, 4) is 17.2 Å². The van der Waals surface area contributed by atoms with Crippen LogP contribution in [0.4, 0.5) is 28.8 Å². The van der Waals surface area contributed by atoms with Crippen LogP contribution in [0.5, 0.6) is 17.2 Å². The van der Waals surface area contributed by atoms with E-state index in [0.29, 0.717) is 31.0 Å². The molecule has 0 saturated carbocycles. The molecule has 0 aliphatic carbocycles. The lowest BCUT2D eigenvalue weighted by molar-refractivity contribution is 0.173. The number of methoxy groups -OCH3 is 1. The van der Waals surface area contributed by atoms with Crippen LogP contribution in [0, 0.1) is 18.8 Å². The Morgan fingerprint density at radius 2 is 1.72 bits per heavy atom. The molecule has 2 aromatic carbocycles. The Morgan fingerprint density at radius 1 is 0.978 bits per heavy atom. The lowest BCUT2D eigenvalue weighted by Crippen LogP contribution is -2.45. The summed E-state index contributed by atoms with van der Waals surface area (Å²) in [4.78, 5) is 17.2. The van der Waals surface area contributed by atoms with Gasteiger partial charge < -0.3 is 34.6 Å². The zero-order valence-electron chi connectivity index (χ0n) is 27.5. The number of aryl methyl sites for hydroxylation is 1. The summed E-state index contributed by atoms with van der Waals surface area (Å²) in [6.07, 6.45) is 4.19. The topological polar surface area (TPSA) is 87.3 Å². The number of fused-ring (bicyclic) bond motifs is 2. The Hall–Kier alpha value is -2.85. The van der Waals surface area contributed by atoms with Crippen molar-refractivity contribution >= 4 is 58.0 Å². The Morgan fingerprint density at radius 3 is 2.43 bits per heavy atom. The first-order valence-electron chi connectivity index (χ1n) is 16.3. The minimum atomic E-state index is -0.479. The number of nitrogens with one attached hydrogen (secondary N) is 2. The quantitative estimate of drug-likeness (QED) is 0.287. The second-order valence-electron chi connectivity index (χ2n) is 13.3. The van der Waals surface area contributed by atoms with Gasteiger partial charge in [-0.2, -0.15) is 4.98 Å². The first-order chi connectivity index (χ1) is 22.3. The number of ether oxygens (including phenoxy) is 3. The van der Waals surface area contributed by atoms with Crippen molar-refractivity contribution in [1.29, 1.82) is 0 Å². The molecule has 7 rings (SSSR count). The van der Waals surface area contributed by atoms with Crippen molar-refractivity contribution in [1.82, 2.24) is 19.8 Å². The fraction of sp³-hybridized carbons (Fsp3) is 0.529. The van der Waals surface area contributed by atoms with Gasteiger partial charge in [-0.1, -0.05) is 7.92 Å². The van der Waals surface area contributed by atoms with Crippen molar-refractivity contribution in [2.24, 2.45) is 11.8 Å². The molecule has 3 aromatic rings. The van der Waals surface area contributed by atoms with E-state index in [-0.39, 0.29) is 0 Å². The van der Waals surface area contributed by atoms with Gasteiger partial charge in [0.2, 0.25) is 5.95 Å². The first-order valence-corrected chi connectivity index (χ1v) is 19.3. The van der Waals surface area contributed by atoms with Gasteiger partial charge in [-0.3, -0.25) is 4.90 Å². The van der Waals surface area contributed by atoms with Crippen LogP contribution in [0.15, 0.2) is 34.9 Å². The molecule has 2 N–H and O–H groups in total. The number of anilines is 5. The highest BCUT2D eigenvalue weighted by Crippen LogP contribution is 2.42. The summed E-state index contributed by atoms with van der Waals surface area (Å²) in [5.74, 6) is 5.27. The van der Waals surface area contributed by atoms with Crippen LogP contribution in [0.3, 0.4) is 0 Å². The molecular weight excluding hydrogens is 665 g/mol. The van der Waals surface area contributed by atoms with Crippen molar-refractivity contribution in [3.05, 3.63) is 40.5 Å². The average molecular weight is 711 g/mol.